The van der Waals surface area contributed by atoms with Crippen molar-refractivity contribution in [1.82, 2.24) is 8.87 Å². The number of nitrogens with zero attached hydrogens (tertiary/aromatic N) is 3. The molecule has 8 nitrogen and oxygen atoms in total. The molecule has 1 unspecified atom stereocenters. The van der Waals surface area contributed by atoms with Gasteiger partial charge in [-0.2, -0.15) is 9.30 Å². The number of amides is 1. The lowest BCUT2D eigenvalue weighted by Gasteiger charge is -2.21. The summed E-state index contributed by atoms with van der Waals surface area (Å²) in [6.45, 7) is 4.18. The Bertz CT molecular complexity index is 1440. The Balaban J connectivity index is 1.74. The second kappa shape index (κ2) is 10.00. The van der Waals surface area contributed by atoms with Crippen molar-refractivity contribution in [3.63, 3.8) is 0 Å². The second-order valence-corrected chi connectivity index (χ2v) is 11.5. The van der Waals surface area contributed by atoms with Crippen LogP contribution in [0.3, 0.4) is 0 Å². The zero-order valence-electron chi connectivity index (χ0n) is 19.6. The smallest absolute Gasteiger partial charge is 0.325 e. The summed E-state index contributed by atoms with van der Waals surface area (Å²) in [4.78, 5) is 29.8. The Kier molecular flexibility index (Phi) is 7.20. The van der Waals surface area contributed by atoms with Crippen molar-refractivity contribution in [2.75, 3.05) is 13.7 Å². The average molecular weight is 520 g/mol. The number of methoxy groups -OCH3 is 1. The van der Waals surface area contributed by atoms with Crippen LogP contribution in [-0.4, -0.2) is 48.9 Å². The molecule has 35 heavy (non-hydrogen) atoms. The van der Waals surface area contributed by atoms with Gasteiger partial charge in [0.1, 0.15) is 18.4 Å². The molecule has 0 aliphatic carbocycles. The van der Waals surface area contributed by atoms with Crippen molar-refractivity contribution >= 4 is 43.5 Å². The van der Waals surface area contributed by atoms with E-state index < -0.39 is 33.8 Å². The van der Waals surface area contributed by atoms with Gasteiger partial charge in [0.05, 0.1) is 22.2 Å². The number of carbonyl (C=O) groups excluding carboxylic acids is 2. The number of halogens is 1. The third-order valence-electron chi connectivity index (χ3n) is 6.00. The van der Waals surface area contributed by atoms with Crippen LogP contribution in [0.5, 0.6) is 0 Å². The van der Waals surface area contributed by atoms with Crippen molar-refractivity contribution < 1.29 is 27.1 Å². The van der Waals surface area contributed by atoms with E-state index in [0.29, 0.717) is 23.6 Å². The first kappa shape index (κ1) is 25.2. The molecule has 2 aromatic carbocycles. The molecule has 4 rings (SSSR count). The third kappa shape index (κ3) is 5.07. The summed E-state index contributed by atoms with van der Waals surface area (Å²) in [6, 6.07) is 9.39. The van der Waals surface area contributed by atoms with Crippen LogP contribution in [0.4, 0.5) is 4.39 Å². The number of carbonyl (C=O) groups is 2. The van der Waals surface area contributed by atoms with Crippen molar-refractivity contribution in [2.24, 2.45) is 4.99 Å². The first-order valence-electron chi connectivity index (χ1n) is 11.2. The number of ether oxygens (including phenoxy) is 1. The molecule has 1 atom stereocenters. The number of thiazole rings is 1. The summed E-state index contributed by atoms with van der Waals surface area (Å²) in [5.74, 6) is -1.36. The van der Waals surface area contributed by atoms with E-state index in [-0.39, 0.29) is 18.0 Å². The van der Waals surface area contributed by atoms with E-state index >= 15 is 0 Å². The van der Waals surface area contributed by atoms with Gasteiger partial charge in [-0.25, -0.2) is 12.8 Å². The molecule has 0 N–H and O–H groups in total. The summed E-state index contributed by atoms with van der Waals surface area (Å²) in [7, 11) is -2.72. The number of sulfonamides is 1. The highest BCUT2D eigenvalue weighted by Gasteiger charge is 2.39. The van der Waals surface area contributed by atoms with Crippen LogP contribution in [0.1, 0.15) is 38.2 Å². The van der Waals surface area contributed by atoms with Crippen molar-refractivity contribution in [2.45, 2.75) is 50.1 Å². The first-order chi connectivity index (χ1) is 16.6. The predicted molar refractivity (Wildman–Crippen MR) is 130 cm³/mol. The Morgan fingerprint density at radius 2 is 1.91 bits per heavy atom. The molecule has 1 aliphatic heterocycles. The van der Waals surface area contributed by atoms with Gasteiger partial charge in [0.25, 0.3) is 5.91 Å². The van der Waals surface area contributed by atoms with Crippen LogP contribution < -0.4 is 4.80 Å². The van der Waals surface area contributed by atoms with Crippen molar-refractivity contribution in [3.05, 3.63) is 58.6 Å². The lowest BCUT2D eigenvalue weighted by atomic mass is 10.0. The molecule has 1 saturated heterocycles. The molecule has 0 spiro atoms. The quantitative estimate of drug-likeness (QED) is 0.465. The van der Waals surface area contributed by atoms with Crippen LogP contribution in [0.15, 0.2) is 52.4 Å². The minimum Gasteiger partial charge on any atom is -0.468 e. The maximum absolute atomic E-state index is 13.3. The number of hydrogen-bond donors (Lipinski definition) is 0. The maximum Gasteiger partial charge on any atom is 0.325 e. The number of benzene rings is 2. The molecule has 0 saturated carbocycles. The average Bonchev–Trinajstić information content (AvgIpc) is 3.45. The van der Waals surface area contributed by atoms with Crippen LogP contribution in [0, 0.1) is 5.82 Å². The summed E-state index contributed by atoms with van der Waals surface area (Å²) in [5.41, 5.74) is 1.84. The van der Waals surface area contributed by atoms with E-state index in [9.17, 15) is 22.4 Å². The molecular weight excluding hydrogens is 493 g/mol. The Morgan fingerprint density at radius 1 is 1.20 bits per heavy atom. The lowest BCUT2D eigenvalue weighted by Crippen LogP contribution is -2.40. The molecule has 186 valence electrons. The molecule has 1 aromatic heterocycles. The van der Waals surface area contributed by atoms with E-state index in [1.807, 2.05) is 18.2 Å². The zero-order chi connectivity index (χ0) is 25.3. The highest BCUT2D eigenvalue weighted by atomic mass is 32.2. The monoisotopic (exact) mass is 519 g/mol. The Labute approximate surface area is 206 Å². The van der Waals surface area contributed by atoms with Crippen LogP contribution >= 0.6 is 11.3 Å². The number of aromatic nitrogens is 1. The molecule has 1 fully saturated rings. The predicted octanol–water partition coefficient (Wildman–Crippen LogP) is 3.42. The zero-order valence-corrected chi connectivity index (χ0v) is 21.2. The van der Waals surface area contributed by atoms with Gasteiger partial charge >= 0.3 is 5.97 Å². The molecular formula is C24H26FN3O5S2. The maximum atomic E-state index is 13.3. The van der Waals surface area contributed by atoms with Crippen LogP contribution in [0.25, 0.3) is 10.2 Å². The molecule has 2 heterocycles. The van der Waals surface area contributed by atoms with Gasteiger partial charge in [0.2, 0.25) is 10.0 Å². The van der Waals surface area contributed by atoms with E-state index in [0.717, 1.165) is 32.2 Å². The summed E-state index contributed by atoms with van der Waals surface area (Å²) < 4.78 is 48.0. The highest BCUT2D eigenvalue weighted by Crippen LogP contribution is 2.28. The standard InChI is InChI=1S/C24H26FN3O5S2/c1-15(2)16-6-11-19-21(13-16)34-24(27(19)14-22(29)33-3)26-23(30)20-5-4-12-28(20)35(31,32)18-9-7-17(25)8-10-18/h6-11,13,15,20H,4-5,12,14H2,1-3H3. The summed E-state index contributed by atoms with van der Waals surface area (Å²) >= 11 is 1.26. The van der Waals surface area contributed by atoms with Gasteiger partial charge in [-0.3, -0.25) is 9.59 Å². The fraction of sp³-hybridized carbons (Fsp3) is 0.375. The van der Waals surface area contributed by atoms with E-state index in [4.69, 9.17) is 4.74 Å². The third-order valence-corrected chi connectivity index (χ3v) is 8.97. The van der Waals surface area contributed by atoms with Gasteiger partial charge in [-0.15, -0.1) is 0 Å². The van der Waals surface area contributed by atoms with Crippen molar-refractivity contribution in [3.8, 4) is 0 Å². The topological polar surface area (TPSA) is 98.0 Å². The molecule has 3 aromatic rings. The SMILES string of the molecule is COC(=O)Cn1c(=NC(=O)C2CCCN2S(=O)(=O)c2ccc(F)cc2)sc2cc(C(C)C)ccc21. The van der Waals surface area contributed by atoms with Gasteiger partial charge in [-0.05, 0) is 60.7 Å². The highest BCUT2D eigenvalue weighted by molar-refractivity contribution is 7.89. The summed E-state index contributed by atoms with van der Waals surface area (Å²) in [5, 5.41) is 0. The second-order valence-electron chi connectivity index (χ2n) is 8.61. The molecule has 0 radical (unpaired) electrons. The van der Waals surface area contributed by atoms with E-state index in [1.165, 1.54) is 30.6 Å². The van der Waals surface area contributed by atoms with Gasteiger partial charge < -0.3 is 9.30 Å². The van der Waals surface area contributed by atoms with E-state index in [1.54, 1.807) is 4.57 Å². The van der Waals surface area contributed by atoms with Crippen molar-refractivity contribution in [1.29, 1.82) is 0 Å². The van der Waals surface area contributed by atoms with Gasteiger partial charge in [-0.1, -0.05) is 31.3 Å². The fourth-order valence-electron chi connectivity index (χ4n) is 4.07. The van der Waals surface area contributed by atoms with Gasteiger partial charge in [0.15, 0.2) is 4.80 Å². The first-order valence-corrected chi connectivity index (χ1v) is 13.4. The molecule has 0 bridgehead atoms. The van der Waals surface area contributed by atoms with Crippen LogP contribution in [0.2, 0.25) is 0 Å². The van der Waals surface area contributed by atoms with Gasteiger partial charge in [0, 0.05) is 6.54 Å². The van der Waals surface area contributed by atoms with E-state index in [2.05, 4.69) is 18.8 Å². The fourth-order valence-corrected chi connectivity index (χ4v) is 6.80. The minimum absolute atomic E-state index is 0.0811. The minimum atomic E-state index is -4.01. The lowest BCUT2D eigenvalue weighted by molar-refractivity contribution is -0.141. The summed E-state index contributed by atoms with van der Waals surface area (Å²) in [6.07, 6.45) is 0.820. The number of rotatable bonds is 6. The normalized spacial score (nSPS) is 17.4. The largest absolute Gasteiger partial charge is 0.468 e. The molecule has 1 amide bonds. The molecule has 11 heteroatoms. The molecule has 1 aliphatic rings. The van der Waals surface area contributed by atoms with Crippen LogP contribution in [-0.2, 0) is 30.9 Å². The Morgan fingerprint density at radius 3 is 2.57 bits per heavy atom. The number of fused-ring (bicyclic) bond motifs is 1. The Hall–Kier alpha value is -2.89. The number of esters is 1. The number of hydrogen-bond acceptors (Lipinski definition) is 6.